The van der Waals surface area contributed by atoms with E-state index in [9.17, 15) is 4.79 Å². The molecule has 19 heavy (non-hydrogen) atoms. The predicted octanol–water partition coefficient (Wildman–Crippen LogP) is 2.74. The number of nitrogens with two attached hydrogens (primary N) is 1. The van der Waals surface area contributed by atoms with Gasteiger partial charge in [0.25, 0.3) is 5.91 Å². The van der Waals surface area contributed by atoms with E-state index >= 15 is 0 Å². The Kier molecular flexibility index (Phi) is 4.16. The van der Waals surface area contributed by atoms with E-state index < -0.39 is 5.91 Å². The number of rotatable bonds is 4. The van der Waals surface area contributed by atoms with Crippen molar-refractivity contribution in [2.24, 2.45) is 5.73 Å². The van der Waals surface area contributed by atoms with Crippen molar-refractivity contribution in [3.8, 4) is 11.4 Å². The third-order valence-corrected chi connectivity index (χ3v) is 3.27. The molecule has 5 heteroatoms. The summed E-state index contributed by atoms with van der Waals surface area (Å²) < 4.78 is 0. The van der Waals surface area contributed by atoms with Crippen LogP contribution in [0.3, 0.4) is 0 Å². The van der Waals surface area contributed by atoms with Crippen LogP contribution in [0.15, 0.2) is 41.4 Å². The fourth-order valence-corrected chi connectivity index (χ4v) is 2.37. The first-order valence-electron chi connectivity index (χ1n) is 5.97. The molecule has 0 aliphatic carbocycles. The van der Waals surface area contributed by atoms with Crippen LogP contribution in [-0.2, 0) is 0 Å². The maximum absolute atomic E-state index is 11.3. The highest BCUT2D eigenvalue weighted by molar-refractivity contribution is 7.99. The molecule has 0 spiro atoms. The van der Waals surface area contributed by atoms with Gasteiger partial charge in [0.05, 0.1) is 0 Å². The van der Waals surface area contributed by atoms with E-state index in [2.05, 4.69) is 23.8 Å². The number of aromatic nitrogens is 2. The Hall–Kier alpha value is -1.88. The van der Waals surface area contributed by atoms with Gasteiger partial charge < -0.3 is 5.73 Å². The molecule has 1 amide bonds. The van der Waals surface area contributed by atoms with Gasteiger partial charge in [-0.15, -0.1) is 11.8 Å². The van der Waals surface area contributed by atoms with Gasteiger partial charge in [-0.25, -0.2) is 9.97 Å². The van der Waals surface area contributed by atoms with E-state index in [1.807, 2.05) is 30.3 Å². The van der Waals surface area contributed by atoms with Crippen molar-refractivity contribution >= 4 is 17.7 Å². The maximum atomic E-state index is 11.3. The third kappa shape index (κ3) is 3.54. The van der Waals surface area contributed by atoms with Gasteiger partial charge in [0.1, 0.15) is 10.7 Å². The zero-order valence-electron chi connectivity index (χ0n) is 10.8. The third-order valence-electron chi connectivity index (χ3n) is 2.34. The Labute approximate surface area is 116 Å². The van der Waals surface area contributed by atoms with Crippen molar-refractivity contribution in [2.45, 2.75) is 24.1 Å². The Morgan fingerprint density at radius 1 is 1.21 bits per heavy atom. The van der Waals surface area contributed by atoms with E-state index in [4.69, 9.17) is 5.73 Å². The summed E-state index contributed by atoms with van der Waals surface area (Å²) in [5.74, 6) is -0.00904. The van der Waals surface area contributed by atoms with E-state index in [-0.39, 0.29) is 5.69 Å². The average Bonchev–Trinajstić information content (AvgIpc) is 2.38. The lowest BCUT2D eigenvalue weighted by molar-refractivity contribution is 0.0995. The van der Waals surface area contributed by atoms with E-state index in [0.29, 0.717) is 11.1 Å². The predicted molar refractivity (Wildman–Crippen MR) is 77.0 cm³/mol. The molecular formula is C14H15N3OS. The van der Waals surface area contributed by atoms with Crippen molar-refractivity contribution in [3.05, 3.63) is 42.1 Å². The number of hydrogen-bond donors (Lipinski definition) is 1. The number of primary amides is 1. The Morgan fingerprint density at radius 3 is 2.47 bits per heavy atom. The van der Waals surface area contributed by atoms with Gasteiger partial charge in [0.2, 0.25) is 0 Å². The van der Waals surface area contributed by atoms with Gasteiger partial charge in [-0.3, -0.25) is 4.79 Å². The summed E-state index contributed by atoms with van der Waals surface area (Å²) >= 11 is 1.58. The summed E-state index contributed by atoms with van der Waals surface area (Å²) in [6.45, 7) is 4.14. The molecule has 2 rings (SSSR count). The molecule has 2 N–H and O–H groups in total. The summed E-state index contributed by atoms with van der Waals surface area (Å²) in [5.41, 5.74) is 6.44. The Bertz CT molecular complexity index is 584. The Morgan fingerprint density at radius 2 is 1.89 bits per heavy atom. The van der Waals surface area contributed by atoms with Gasteiger partial charge >= 0.3 is 0 Å². The number of nitrogens with zero attached hydrogens (tertiary/aromatic N) is 2. The second-order valence-electron chi connectivity index (χ2n) is 4.31. The summed E-state index contributed by atoms with van der Waals surface area (Å²) in [7, 11) is 0. The van der Waals surface area contributed by atoms with Gasteiger partial charge in [-0.05, 0) is 0 Å². The number of hydrogen-bond acceptors (Lipinski definition) is 4. The van der Waals surface area contributed by atoms with Crippen molar-refractivity contribution in [1.29, 1.82) is 0 Å². The minimum absolute atomic E-state index is 0.247. The highest BCUT2D eigenvalue weighted by Gasteiger charge is 2.11. The molecule has 0 fully saturated rings. The van der Waals surface area contributed by atoms with Gasteiger partial charge in [0.15, 0.2) is 5.82 Å². The first-order valence-corrected chi connectivity index (χ1v) is 6.85. The molecule has 0 saturated heterocycles. The molecule has 0 saturated carbocycles. The number of carbonyl (C=O) groups is 1. The van der Waals surface area contributed by atoms with Crippen LogP contribution in [-0.4, -0.2) is 21.1 Å². The van der Waals surface area contributed by atoms with Gasteiger partial charge in [0, 0.05) is 16.9 Å². The van der Waals surface area contributed by atoms with Crippen LogP contribution in [0, 0.1) is 0 Å². The van der Waals surface area contributed by atoms with E-state index in [1.54, 1.807) is 17.8 Å². The number of benzene rings is 1. The van der Waals surface area contributed by atoms with Crippen molar-refractivity contribution in [3.63, 3.8) is 0 Å². The Balaban J connectivity index is 2.48. The highest BCUT2D eigenvalue weighted by Crippen LogP contribution is 2.24. The SMILES string of the molecule is CC(C)Sc1cc(C(N)=O)nc(-c2ccccc2)n1. The van der Waals surface area contributed by atoms with Crippen molar-refractivity contribution in [2.75, 3.05) is 0 Å². The quantitative estimate of drug-likeness (QED) is 0.687. The van der Waals surface area contributed by atoms with Crippen LogP contribution >= 0.6 is 11.8 Å². The lowest BCUT2D eigenvalue weighted by atomic mass is 10.2. The van der Waals surface area contributed by atoms with Gasteiger partial charge in [-0.1, -0.05) is 44.2 Å². The fourth-order valence-electron chi connectivity index (χ4n) is 1.57. The number of amides is 1. The summed E-state index contributed by atoms with van der Waals surface area (Å²) in [5, 5.41) is 1.14. The largest absolute Gasteiger partial charge is 0.364 e. The molecule has 0 unspecified atom stereocenters. The molecule has 0 atom stereocenters. The molecule has 0 aliphatic rings. The average molecular weight is 273 g/mol. The molecular weight excluding hydrogens is 258 g/mol. The lowest BCUT2D eigenvalue weighted by Crippen LogP contribution is -2.14. The molecule has 0 bridgehead atoms. The van der Waals surface area contributed by atoms with Crippen LogP contribution in [0.2, 0.25) is 0 Å². The fraction of sp³-hybridized carbons (Fsp3) is 0.214. The zero-order valence-corrected chi connectivity index (χ0v) is 11.6. The summed E-state index contributed by atoms with van der Waals surface area (Å²) in [6.07, 6.45) is 0. The van der Waals surface area contributed by atoms with Crippen molar-refractivity contribution in [1.82, 2.24) is 9.97 Å². The smallest absolute Gasteiger partial charge is 0.267 e. The molecule has 4 nitrogen and oxygen atoms in total. The lowest BCUT2D eigenvalue weighted by Gasteiger charge is -2.08. The topological polar surface area (TPSA) is 68.9 Å². The molecule has 0 radical (unpaired) electrons. The molecule has 98 valence electrons. The standard InChI is InChI=1S/C14H15N3OS/c1-9(2)19-12-8-11(13(15)18)16-14(17-12)10-6-4-3-5-7-10/h3-9H,1-2H3,(H2,15,18). The molecule has 1 heterocycles. The first kappa shape index (κ1) is 13.5. The highest BCUT2D eigenvalue weighted by atomic mass is 32.2. The molecule has 1 aromatic carbocycles. The summed E-state index contributed by atoms with van der Waals surface area (Å²) in [4.78, 5) is 20.0. The van der Waals surface area contributed by atoms with Crippen LogP contribution in [0.4, 0.5) is 0 Å². The van der Waals surface area contributed by atoms with E-state index in [1.165, 1.54) is 0 Å². The monoisotopic (exact) mass is 273 g/mol. The first-order chi connectivity index (χ1) is 9.06. The molecule has 2 aromatic rings. The van der Waals surface area contributed by atoms with Gasteiger partial charge in [-0.2, -0.15) is 0 Å². The second-order valence-corrected chi connectivity index (χ2v) is 5.91. The van der Waals surface area contributed by atoms with Crippen LogP contribution in [0.1, 0.15) is 24.3 Å². The van der Waals surface area contributed by atoms with Crippen LogP contribution < -0.4 is 5.73 Å². The normalized spacial score (nSPS) is 10.7. The van der Waals surface area contributed by atoms with E-state index in [0.717, 1.165) is 10.6 Å². The molecule has 1 aromatic heterocycles. The minimum atomic E-state index is -0.537. The van der Waals surface area contributed by atoms with Crippen LogP contribution in [0.5, 0.6) is 0 Å². The van der Waals surface area contributed by atoms with Crippen LogP contribution in [0.25, 0.3) is 11.4 Å². The number of carbonyl (C=O) groups excluding carboxylic acids is 1. The van der Waals surface area contributed by atoms with Crippen molar-refractivity contribution < 1.29 is 4.79 Å². The summed E-state index contributed by atoms with van der Waals surface area (Å²) in [6, 6.07) is 11.2. The second kappa shape index (κ2) is 5.84. The maximum Gasteiger partial charge on any atom is 0.267 e. The number of thioether (sulfide) groups is 1. The minimum Gasteiger partial charge on any atom is -0.364 e. The molecule has 0 aliphatic heterocycles. The zero-order chi connectivity index (χ0) is 13.8.